The van der Waals surface area contributed by atoms with Crippen molar-refractivity contribution in [3.05, 3.63) is 21.2 Å². The second-order valence-electron chi connectivity index (χ2n) is 2.40. The van der Waals surface area contributed by atoms with Crippen molar-refractivity contribution in [1.29, 1.82) is 0 Å². The highest BCUT2D eigenvalue weighted by Gasteiger charge is 2.02. The van der Waals surface area contributed by atoms with Crippen molar-refractivity contribution in [2.24, 2.45) is 0 Å². The Morgan fingerprint density at radius 2 is 2.29 bits per heavy atom. The highest BCUT2D eigenvalue weighted by molar-refractivity contribution is 9.13. The summed E-state index contributed by atoms with van der Waals surface area (Å²) in [6.07, 6.45) is 0. The molecule has 14 heavy (non-hydrogen) atoms. The molecule has 0 unspecified atom stereocenters. The van der Waals surface area contributed by atoms with Crippen LogP contribution in [0.3, 0.4) is 0 Å². The zero-order valence-corrected chi connectivity index (χ0v) is 10.6. The Morgan fingerprint density at radius 1 is 1.57 bits per heavy atom. The summed E-state index contributed by atoms with van der Waals surface area (Å²) < 4.78 is 6.03. The standard InChI is InChI=1S/C8H8Br2N2O2/c1-14-7(13)4-11-6-3-2-5(9)8(10)12-6/h2-3H,4H2,1H3,(H,11,12). The van der Waals surface area contributed by atoms with Crippen LogP contribution in [0, 0.1) is 0 Å². The molecule has 1 heterocycles. The molecule has 0 fully saturated rings. The normalized spacial score (nSPS) is 9.64. The summed E-state index contributed by atoms with van der Waals surface area (Å²) in [7, 11) is 1.34. The molecule has 0 bridgehead atoms. The lowest BCUT2D eigenvalue weighted by Crippen LogP contribution is -2.15. The number of aromatic nitrogens is 1. The third-order valence-electron chi connectivity index (χ3n) is 1.44. The predicted octanol–water partition coefficient (Wildman–Crippen LogP) is 2.19. The van der Waals surface area contributed by atoms with Gasteiger partial charge in [-0.25, -0.2) is 4.98 Å². The lowest BCUT2D eigenvalue weighted by molar-refractivity contribution is -0.138. The van der Waals surface area contributed by atoms with Crippen molar-refractivity contribution >= 4 is 43.6 Å². The summed E-state index contributed by atoms with van der Waals surface area (Å²) in [6, 6.07) is 3.59. The minimum atomic E-state index is -0.328. The number of nitrogens with zero attached hydrogens (tertiary/aromatic N) is 1. The second-order valence-corrected chi connectivity index (χ2v) is 4.00. The lowest BCUT2D eigenvalue weighted by atomic mass is 10.4. The van der Waals surface area contributed by atoms with E-state index in [4.69, 9.17) is 0 Å². The number of hydrogen-bond donors (Lipinski definition) is 1. The maximum atomic E-state index is 10.8. The molecule has 0 aliphatic carbocycles. The van der Waals surface area contributed by atoms with Gasteiger partial charge in [0.2, 0.25) is 0 Å². The van der Waals surface area contributed by atoms with Gasteiger partial charge in [-0.05, 0) is 44.0 Å². The smallest absolute Gasteiger partial charge is 0.325 e. The molecule has 4 nitrogen and oxygen atoms in total. The van der Waals surface area contributed by atoms with E-state index in [-0.39, 0.29) is 12.5 Å². The van der Waals surface area contributed by atoms with Crippen LogP contribution in [-0.4, -0.2) is 24.6 Å². The highest BCUT2D eigenvalue weighted by atomic mass is 79.9. The molecule has 0 amide bonds. The van der Waals surface area contributed by atoms with Crippen molar-refractivity contribution in [2.75, 3.05) is 19.0 Å². The largest absolute Gasteiger partial charge is 0.468 e. The predicted molar refractivity (Wildman–Crippen MR) is 60.1 cm³/mol. The number of hydrogen-bond acceptors (Lipinski definition) is 4. The minimum Gasteiger partial charge on any atom is -0.468 e. The van der Waals surface area contributed by atoms with Crippen molar-refractivity contribution in [2.45, 2.75) is 0 Å². The fourth-order valence-corrected chi connectivity index (χ4v) is 1.29. The molecule has 0 radical (unpaired) electrons. The molecule has 76 valence electrons. The molecular weight excluding hydrogens is 316 g/mol. The molecule has 0 saturated heterocycles. The van der Waals surface area contributed by atoms with Crippen molar-refractivity contribution in [1.82, 2.24) is 4.98 Å². The fraction of sp³-hybridized carbons (Fsp3) is 0.250. The van der Waals surface area contributed by atoms with E-state index in [2.05, 4.69) is 46.9 Å². The van der Waals surface area contributed by atoms with E-state index in [0.717, 1.165) is 4.47 Å². The first kappa shape index (κ1) is 11.5. The SMILES string of the molecule is COC(=O)CNc1ccc(Br)c(Br)n1. The van der Waals surface area contributed by atoms with Crippen LogP contribution in [0.25, 0.3) is 0 Å². The van der Waals surface area contributed by atoms with Gasteiger partial charge in [-0.15, -0.1) is 0 Å². The van der Waals surface area contributed by atoms with E-state index in [1.165, 1.54) is 7.11 Å². The highest BCUT2D eigenvalue weighted by Crippen LogP contribution is 2.21. The lowest BCUT2D eigenvalue weighted by Gasteiger charge is -2.04. The Kier molecular flexibility index (Phi) is 4.34. The molecule has 0 aliphatic rings. The summed E-state index contributed by atoms with van der Waals surface area (Å²) in [5.41, 5.74) is 0. The first-order valence-corrected chi connectivity index (χ1v) is 5.35. The number of carbonyl (C=O) groups excluding carboxylic acids is 1. The summed E-state index contributed by atoms with van der Waals surface area (Å²) in [4.78, 5) is 14.9. The third kappa shape index (κ3) is 3.26. The van der Waals surface area contributed by atoms with E-state index in [9.17, 15) is 4.79 Å². The number of pyridine rings is 1. The summed E-state index contributed by atoms with van der Waals surface area (Å²) in [6.45, 7) is 0.109. The topological polar surface area (TPSA) is 51.2 Å². The average Bonchev–Trinajstić information content (AvgIpc) is 2.19. The number of nitrogens with one attached hydrogen (secondary N) is 1. The maximum absolute atomic E-state index is 10.8. The molecule has 1 aromatic heterocycles. The van der Waals surface area contributed by atoms with Crippen LogP contribution in [0.4, 0.5) is 5.82 Å². The van der Waals surface area contributed by atoms with Gasteiger partial charge in [0.05, 0.1) is 11.6 Å². The Morgan fingerprint density at radius 3 is 2.86 bits per heavy atom. The molecule has 0 aromatic carbocycles. The van der Waals surface area contributed by atoms with Crippen LogP contribution in [0.5, 0.6) is 0 Å². The van der Waals surface area contributed by atoms with Crippen LogP contribution in [0.1, 0.15) is 0 Å². The molecule has 0 saturated carbocycles. The molecule has 1 rings (SSSR count). The number of ether oxygens (including phenoxy) is 1. The van der Waals surface area contributed by atoms with Crippen LogP contribution in [-0.2, 0) is 9.53 Å². The number of esters is 1. The monoisotopic (exact) mass is 322 g/mol. The first-order chi connectivity index (χ1) is 6.63. The van der Waals surface area contributed by atoms with Crippen LogP contribution < -0.4 is 5.32 Å². The van der Waals surface area contributed by atoms with Gasteiger partial charge in [0.15, 0.2) is 0 Å². The first-order valence-electron chi connectivity index (χ1n) is 3.76. The van der Waals surface area contributed by atoms with Gasteiger partial charge < -0.3 is 10.1 Å². The molecular formula is C8H8Br2N2O2. The van der Waals surface area contributed by atoms with E-state index in [0.29, 0.717) is 10.4 Å². The van der Waals surface area contributed by atoms with Crippen molar-refractivity contribution in [3.63, 3.8) is 0 Å². The van der Waals surface area contributed by atoms with Gasteiger partial charge in [0, 0.05) is 0 Å². The molecule has 6 heteroatoms. The van der Waals surface area contributed by atoms with Gasteiger partial charge in [-0.3, -0.25) is 4.79 Å². The van der Waals surface area contributed by atoms with Gasteiger partial charge in [-0.1, -0.05) is 0 Å². The van der Waals surface area contributed by atoms with E-state index in [1.54, 1.807) is 6.07 Å². The number of anilines is 1. The third-order valence-corrected chi connectivity index (χ3v) is 3.22. The molecule has 0 aliphatic heterocycles. The quantitative estimate of drug-likeness (QED) is 0.684. The molecule has 1 N–H and O–H groups in total. The van der Waals surface area contributed by atoms with Crippen molar-refractivity contribution in [3.8, 4) is 0 Å². The number of rotatable bonds is 3. The van der Waals surface area contributed by atoms with E-state index in [1.807, 2.05) is 6.07 Å². The average molecular weight is 324 g/mol. The maximum Gasteiger partial charge on any atom is 0.325 e. The summed E-state index contributed by atoms with van der Waals surface area (Å²) >= 11 is 6.55. The minimum absolute atomic E-state index is 0.109. The Balaban J connectivity index is 2.60. The summed E-state index contributed by atoms with van der Waals surface area (Å²) in [5, 5.41) is 2.83. The number of carbonyl (C=O) groups is 1. The Labute approximate surface area is 98.3 Å². The molecule has 0 spiro atoms. The van der Waals surface area contributed by atoms with Crippen LogP contribution >= 0.6 is 31.9 Å². The molecule has 1 aromatic rings. The summed E-state index contributed by atoms with van der Waals surface area (Å²) in [5.74, 6) is 0.288. The van der Waals surface area contributed by atoms with E-state index < -0.39 is 0 Å². The van der Waals surface area contributed by atoms with E-state index >= 15 is 0 Å². The Hall–Kier alpha value is -0.620. The van der Waals surface area contributed by atoms with Gasteiger partial charge in [0.1, 0.15) is 17.0 Å². The molecule has 0 atom stereocenters. The number of methoxy groups -OCH3 is 1. The van der Waals surface area contributed by atoms with Crippen LogP contribution in [0.2, 0.25) is 0 Å². The zero-order chi connectivity index (χ0) is 10.6. The second kappa shape index (κ2) is 5.31. The number of halogens is 2. The van der Waals surface area contributed by atoms with Crippen LogP contribution in [0.15, 0.2) is 21.2 Å². The van der Waals surface area contributed by atoms with Crippen molar-refractivity contribution < 1.29 is 9.53 Å². The van der Waals surface area contributed by atoms with Gasteiger partial charge in [-0.2, -0.15) is 0 Å². The fourth-order valence-electron chi connectivity index (χ4n) is 0.751. The Bertz CT molecular complexity index is 344. The van der Waals surface area contributed by atoms with Gasteiger partial charge in [0.25, 0.3) is 0 Å². The van der Waals surface area contributed by atoms with Gasteiger partial charge >= 0.3 is 5.97 Å². The zero-order valence-electron chi connectivity index (χ0n) is 7.38.